The van der Waals surface area contributed by atoms with Gasteiger partial charge in [0.2, 0.25) is 17.7 Å². The number of ether oxygens (including phenoxy) is 2. The molecule has 0 aliphatic heterocycles. The molecule has 1 aromatic rings. The van der Waals surface area contributed by atoms with Crippen LogP contribution in [-0.2, 0) is 4.79 Å². The molecule has 1 unspecified atom stereocenters. The molecule has 0 aliphatic rings. The topological polar surface area (TPSA) is 93.6 Å². The molecular weight excluding hydrogens is 250 g/mol. The number of carboxylic acid groups (broad SMARTS) is 1. The standard InChI is InChI=1S/C12H19N3O4/c1-4-5-8(11(16)17)7-13-12-14-9(18-2)6-10(15-12)19-3/h6,8H,4-5,7H2,1-3H3,(H,16,17)(H,13,14,15). The lowest BCUT2D eigenvalue weighted by atomic mass is 10.0. The fraction of sp³-hybridized carbons (Fsp3) is 0.583. The van der Waals surface area contributed by atoms with Crippen molar-refractivity contribution in [3.05, 3.63) is 6.07 Å². The summed E-state index contributed by atoms with van der Waals surface area (Å²) in [4.78, 5) is 19.2. The summed E-state index contributed by atoms with van der Waals surface area (Å²) >= 11 is 0. The Morgan fingerprint density at radius 3 is 2.37 bits per heavy atom. The van der Waals surface area contributed by atoms with Gasteiger partial charge in [-0.2, -0.15) is 9.97 Å². The molecule has 7 heteroatoms. The van der Waals surface area contributed by atoms with Crippen molar-refractivity contribution in [3.63, 3.8) is 0 Å². The number of carboxylic acids is 1. The molecule has 2 N–H and O–H groups in total. The van der Waals surface area contributed by atoms with E-state index in [4.69, 9.17) is 14.6 Å². The summed E-state index contributed by atoms with van der Waals surface area (Å²) < 4.78 is 10.0. The first kappa shape index (κ1) is 15.0. The summed E-state index contributed by atoms with van der Waals surface area (Å²) in [5.74, 6) is -0.290. The minimum atomic E-state index is -0.829. The Bertz CT molecular complexity index is 403. The third-order valence-corrected chi connectivity index (χ3v) is 2.59. The molecule has 0 saturated heterocycles. The normalized spacial score (nSPS) is 11.7. The number of aromatic nitrogens is 2. The molecule has 0 amide bonds. The molecule has 106 valence electrons. The van der Waals surface area contributed by atoms with Gasteiger partial charge in [0, 0.05) is 6.54 Å². The summed E-state index contributed by atoms with van der Waals surface area (Å²) in [6.07, 6.45) is 1.41. The molecule has 7 nitrogen and oxygen atoms in total. The van der Waals surface area contributed by atoms with E-state index >= 15 is 0 Å². The Morgan fingerprint density at radius 1 is 1.37 bits per heavy atom. The minimum absolute atomic E-state index is 0.263. The van der Waals surface area contributed by atoms with Gasteiger partial charge in [0.05, 0.1) is 26.2 Å². The fourth-order valence-corrected chi connectivity index (χ4v) is 1.57. The largest absolute Gasteiger partial charge is 0.481 e. The van der Waals surface area contributed by atoms with Gasteiger partial charge in [0.15, 0.2) is 0 Å². The lowest BCUT2D eigenvalue weighted by Crippen LogP contribution is -2.23. The molecule has 0 saturated carbocycles. The van der Waals surface area contributed by atoms with E-state index in [1.807, 2.05) is 6.92 Å². The molecule has 0 aliphatic carbocycles. The van der Waals surface area contributed by atoms with Crippen molar-refractivity contribution >= 4 is 11.9 Å². The van der Waals surface area contributed by atoms with Gasteiger partial charge in [0.25, 0.3) is 0 Å². The highest BCUT2D eigenvalue weighted by atomic mass is 16.5. The van der Waals surface area contributed by atoms with Gasteiger partial charge in [-0.25, -0.2) is 0 Å². The number of nitrogens with zero attached hydrogens (tertiary/aromatic N) is 2. The van der Waals surface area contributed by atoms with Crippen LogP contribution in [0.25, 0.3) is 0 Å². The Kier molecular flexibility index (Phi) is 5.84. The van der Waals surface area contributed by atoms with Crippen LogP contribution in [-0.4, -0.2) is 41.8 Å². The van der Waals surface area contributed by atoms with E-state index in [2.05, 4.69) is 15.3 Å². The van der Waals surface area contributed by atoms with Gasteiger partial charge >= 0.3 is 5.97 Å². The van der Waals surface area contributed by atoms with Crippen LogP contribution in [0.5, 0.6) is 11.8 Å². The van der Waals surface area contributed by atoms with Crippen molar-refractivity contribution in [1.82, 2.24) is 9.97 Å². The van der Waals surface area contributed by atoms with E-state index in [1.54, 1.807) is 6.07 Å². The predicted octanol–water partition coefficient (Wildman–Crippen LogP) is 1.41. The number of nitrogens with one attached hydrogen (secondary N) is 1. The van der Waals surface area contributed by atoms with Gasteiger partial charge in [0.1, 0.15) is 0 Å². The second-order valence-electron chi connectivity index (χ2n) is 3.98. The van der Waals surface area contributed by atoms with Crippen molar-refractivity contribution in [2.24, 2.45) is 5.92 Å². The highest BCUT2D eigenvalue weighted by Crippen LogP contribution is 2.18. The van der Waals surface area contributed by atoms with E-state index in [0.717, 1.165) is 6.42 Å². The number of hydrogen-bond donors (Lipinski definition) is 2. The number of hydrogen-bond acceptors (Lipinski definition) is 6. The summed E-state index contributed by atoms with van der Waals surface area (Å²) in [6, 6.07) is 1.55. The first-order valence-electron chi connectivity index (χ1n) is 6.04. The first-order chi connectivity index (χ1) is 9.10. The Morgan fingerprint density at radius 2 is 1.95 bits per heavy atom. The maximum absolute atomic E-state index is 11.0. The molecule has 1 aromatic heterocycles. The zero-order valence-electron chi connectivity index (χ0n) is 11.3. The van der Waals surface area contributed by atoms with Crippen molar-refractivity contribution < 1.29 is 19.4 Å². The van der Waals surface area contributed by atoms with E-state index in [1.165, 1.54) is 14.2 Å². The van der Waals surface area contributed by atoms with Crippen LogP contribution in [0.4, 0.5) is 5.95 Å². The molecule has 1 heterocycles. The second kappa shape index (κ2) is 7.40. The Hall–Kier alpha value is -2.05. The summed E-state index contributed by atoms with van der Waals surface area (Å²) in [5, 5.41) is 12.0. The Labute approximate surface area is 112 Å². The highest BCUT2D eigenvalue weighted by Gasteiger charge is 2.16. The molecule has 0 radical (unpaired) electrons. The van der Waals surface area contributed by atoms with E-state index < -0.39 is 11.9 Å². The van der Waals surface area contributed by atoms with Crippen LogP contribution in [0.1, 0.15) is 19.8 Å². The van der Waals surface area contributed by atoms with Crippen molar-refractivity contribution in [1.29, 1.82) is 0 Å². The quantitative estimate of drug-likeness (QED) is 0.736. The number of aliphatic carboxylic acids is 1. The third-order valence-electron chi connectivity index (χ3n) is 2.59. The molecule has 0 fully saturated rings. The van der Waals surface area contributed by atoms with Crippen molar-refractivity contribution in [3.8, 4) is 11.8 Å². The molecule has 19 heavy (non-hydrogen) atoms. The van der Waals surface area contributed by atoms with Crippen LogP contribution in [0.15, 0.2) is 6.07 Å². The smallest absolute Gasteiger partial charge is 0.308 e. The van der Waals surface area contributed by atoms with Crippen LogP contribution < -0.4 is 14.8 Å². The van der Waals surface area contributed by atoms with Crippen LogP contribution in [0.3, 0.4) is 0 Å². The zero-order valence-corrected chi connectivity index (χ0v) is 11.3. The SMILES string of the molecule is CCCC(CNc1nc(OC)cc(OC)n1)C(=O)O. The molecule has 0 spiro atoms. The highest BCUT2D eigenvalue weighted by molar-refractivity contribution is 5.70. The van der Waals surface area contributed by atoms with Gasteiger partial charge in [-0.05, 0) is 6.42 Å². The van der Waals surface area contributed by atoms with Crippen LogP contribution in [0.2, 0.25) is 0 Å². The number of carbonyl (C=O) groups is 1. The van der Waals surface area contributed by atoms with Crippen molar-refractivity contribution in [2.75, 3.05) is 26.1 Å². The van der Waals surface area contributed by atoms with Gasteiger partial charge < -0.3 is 19.9 Å². The molecular formula is C12H19N3O4. The second-order valence-corrected chi connectivity index (χ2v) is 3.98. The first-order valence-corrected chi connectivity index (χ1v) is 6.04. The average molecular weight is 269 g/mol. The van der Waals surface area contributed by atoms with Crippen LogP contribution >= 0.6 is 0 Å². The lowest BCUT2D eigenvalue weighted by molar-refractivity contribution is -0.141. The van der Waals surface area contributed by atoms with Gasteiger partial charge in [-0.15, -0.1) is 0 Å². The zero-order chi connectivity index (χ0) is 14.3. The fourth-order valence-electron chi connectivity index (χ4n) is 1.57. The third kappa shape index (κ3) is 4.61. The number of methoxy groups -OCH3 is 2. The van der Waals surface area contributed by atoms with Crippen molar-refractivity contribution in [2.45, 2.75) is 19.8 Å². The molecule has 0 bridgehead atoms. The maximum atomic E-state index is 11.0. The summed E-state index contributed by atoms with van der Waals surface area (Å²) in [6.45, 7) is 2.21. The number of rotatable bonds is 8. The Balaban J connectivity index is 2.72. The maximum Gasteiger partial charge on any atom is 0.308 e. The average Bonchev–Trinajstić information content (AvgIpc) is 2.42. The van der Waals surface area contributed by atoms with Gasteiger partial charge in [-0.1, -0.05) is 13.3 Å². The molecule has 1 atom stereocenters. The monoisotopic (exact) mass is 269 g/mol. The molecule has 0 aromatic carbocycles. The lowest BCUT2D eigenvalue weighted by Gasteiger charge is -2.13. The van der Waals surface area contributed by atoms with Gasteiger partial charge in [-0.3, -0.25) is 4.79 Å². The van der Waals surface area contributed by atoms with Crippen LogP contribution in [0, 0.1) is 5.92 Å². The predicted molar refractivity (Wildman–Crippen MR) is 69.7 cm³/mol. The summed E-state index contributed by atoms with van der Waals surface area (Å²) in [7, 11) is 2.98. The van der Waals surface area contributed by atoms with E-state index in [9.17, 15) is 4.79 Å². The minimum Gasteiger partial charge on any atom is -0.481 e. The number of anilines is 1. The molecule has 1 rings (SSSR count). The van der Waals surface area contributed by atoms with E-state index in [0.29, 0.717) is 24.1 Å². The van der Waals surface area contributed by atoms with E-state index in [-0.39, 0.29) is 6.54 Å². The summed E-state index contributed by atoms with van der Waals surface area (Å²) in [5.41, 5.74) is 0.